The monoisotopic (exact) mass is 193 g/mol. The van der Waals surface area contributed by atoms with Crippen LogP contribution in [0, 0.1) is 0 Å². The fourth-order valence-electron chi connectivity index (χ4n) is 1.52. The van der Waals surface area contributed by atoms with Gasteiger partial charge in [-0.25, -0.2) is 0 Å². The van der Waals surface area contributed by atoms with Gasteiger partial charge in [0.1, 0.15) is 0 Å². The molecule has 1 aliphatic rings. The molecule has 0 saturated heterocycles. The third-order valence-electron chi connectivity index (χ3n) is 2.35. The quantitative estimate of drug-likeness (QED) is 0.734. The van der Waals surface area contributed by atoms with Gasteiger partial charge in [0.2, 0.25) is 0 Å². The summed E-state index contributed by atoms with van der Waals surface area (Å²) in [7, 11) is 0. The lowest BCUT2D eigenvalue weighted by atomic mass is 10.0. The largest absolute Gasteiger partial charge is 0.383 e. The Hall–Kier alpha value is -0.630. The topological polar surface area (TPSA) is 12.0 Å². The van der Waals surface area contributed by atoms with E-state index in [1.807, 2.05) is 11.8 Å². The Labute approximate surface area is 83.9 Å². The normalized spacial score (nSPS) is 15.3. The van der Waals surface area contributed by atoms with Gasteiger partial charge in [0.25, 0.3) is 0 Å². The molecule has 0 unspecified atom stereocenters. The second kappa shape index (κ2) is 3.62. The number of hydrogen-bond acceptors (Lipinski definition) is 2. The number of rotatable bonds is 1. The first-order chi connectivity index (χ1) is 6.27. The van der Waals surface area contributed by atoms with E-state index in [1.54, 1.807) is 0 Å². The number of hydrogen-bond donors (Lipinski definition) is 1. The summed E-state index contributed by atoms with van der Waals surface area (Å²) in [6.45, 7) is 5.56. The molecule has 2 rings (SSSR count). The van der Waals surface area contributed by atoms with Gasteiger partial charge >= 0.3 is 0 Å². The summed E-state index contributed by atoms with van der Waals surface area (Å²) in [5.41, 5.74) is 2.75. The van der Waals surface area contributed by atoms with Crippen LogP contribution in [0.2, 0.25) is 0 Å². The molecule has 0 radical (unpaired) electrons. The van der Waals surface area contributed by atoms with E-state index < -0.39 is 0 Å². The number of thioether (sulfide) groups is 1. The van der Waals surface area contributed by atoms with Crippen LogP contribution in [-0.2, 0) is 0 Å². The van der Waals surface area contributed by atoms with E-state index in [-0.39, 0.29) is 0 Å². The Bertz CT molecular complexity index is 307. The highest BCUT2D eigenvalue weighted by Gasteiger charge is 2.09. The van der Waals surface area contributed by atoms with E-state index in [0.717, 1.165) is 6.54 Å². The first-order valence-corrected chi connectivity index (χ1v) is 5.76. The number of fused-ring (bicyclic) bond motifs is 1. The summed E-state index contributed by atoms with van der Waals surface area (Å²) in [5.74, 6) is 1.81. The molecule has 0 aliphatic carbocycles. The second-order valence-corrected chi connectivity index (χ2v) is 4.82. The first-order valence-electron chi connectivity index (χ1n) is 4.78. The van der Waals surface area contributed by atoms with Crippen molar-refractivity contribution in [2.75, 3.05) is 17.6 Å². The van der Waals surface area contributed by atoms with Gasteiger partial charge in [0, 0.05) is 22.9 Å². The maximum absolute atomic E-state index is 3.44. The molecule has 0 aromatic heterocycles. The van der Waals surface area contributed by atoms with E-state index >= 15 is 0 Å². The van der Waals surface area contributed by atoms with Crippen LogP contribution in [-0.4, -0.2) is 12.3 Å². The SMILES string of the molecule is CC(C)c1ccc2c(c1)NCCS2. The highest BCUT2D eigenvalue weighted by atomic mass is 32.2. The van der Waals surface area contributed by atoms with Crippen LogP contribution in [0.15, 0.2) is 23.1 Å². The molecular formula is C11H15NS. The average molecular weight is 193 g/mol. The molecular weight excluding hydrogens is 178 g/mol. The van der Waals surface area contributed by atoms with Crippen LogP contribution >= 0.6 is 11.8 Å². The highest BCUT2D eigenvalue weighted by molar-refractivity contribution is 7.99. The molecule has 0 saturated carbocycles. The molecule has 0 amide bonds. The van der Waals surface area contributed by atoms with Gasteiger partial charge in [-0.1, -0.05) is 19.9 Å². The van der Waals surface area contributed by atoms with Crippen molar-refractivity contribution < 1.29 is 0 Å². The molecule has 1 aromatic rings. The first kappa shape index (κ1) is 8.95. The van der Waals surface area contributed by atoms with Gasteiger partial charge in [-0.2, -0.15) is 0 Å². The third kappa shape index (κ3) is 1.83. The van der Waals surface area contributed by atoms with E-state index in [9.17, 15) is 0 Å². The molecule has 0 atom stereocenters. The Morgan fingerprint density at radius 1 is 1.38 bits per heavy atom. The van der Waals surface area contributed by atoms with Crippen molar-refractivity contribution in [3.8, 4) is 0 Å². The minimum Gasteiger partial charge on any atom is -0.383 e. The van der Waals surface area contributed by atoms with Gasteiger partial charge in [-0.15, -0.1) is 11.8 Å². The minimum absolute atomic E-state index is 0.624. The molecule has 1 heterocycles. The average Bonchev–Trinajstić information content (AvgIpc) is 2.17. The summed E-state index contributed by atoms with van der Waals surface area (Å²) in [6.07, 6.45) is 0. The van der Waals surface area contributed by atoms with Crippen molar-refractivity contribution >= 4 is 17.4 Å². The van der Waals surface area contributed by atoms with E-state index in [1.165, 1.54) is 21.9 Å². The van der Waals surface area contributed by atoms with Crippen molar-refractivity contribution in [3.05, 3.63) is 23.8 Å². The van der Waals surface area contributed by atoms with E-state index in [0.29, 0.717) is 5.92 Å². The molecule has 13 heavy (non-hydrogen) atoms. The molecule has 0 bridgehead atoms. The van der Waals surface area contributed by atoms with Crippen molar-refractivity contribution in [1.29, 1.82) is 0 Å². The van der Waals surface area contributed by atoms with Gasteiger partial charge in [0.05, 0.1) is 0 Å². The maximum atomic E-state index is 3.44. The molecule has 1 N–H and O–H groups in total. The van der Waals surface area contributed by atoms with Gasteiger partial charge < -0.3 is 5.32 Å². The van der Waals surface area contributed by atoms with Crippen molar-refractivity contribution in [3.63, 3.8) is 0 Å². The summed E-state index contributed by atoms with van der Waals surface area (Å²) < 4.78 is 0. The van der Waals surface area contributed by atoms with Gasteiger partial charge in [-0.05, 0) is 23.6 Å². The maximum Gasteiger partial charge on any atom is 0.0481 e. The summed E-state index contributed by atoms with van der Waals surface area (Å²) in [5, 5.41) is 3.44. The summed E-state index contributed by atoms with van der Waals surface area (Å²) in [4.78, 5) is 1.40. The number of benzene rings is 1. The standard InChI is InChI=1S/C11H15NS/c1-8(2)9-3-4-11-10(7-9)12-5-6-13-11/h3-4,7-8,12H,5-6H2,1-2H3. The van der Waals surface area contributed by atoms with Crippen molar-refractivity contribution in [2.45, 2.75) is 24.7 Å². The minimum atomic E-state index is 0.624. The van der Waals surface area contributed by atoms with Crippen LogP contribution in [0.1, 0.15) is 25.3 Å². The Kier molecular flexibility index (Phi) is 2.49. The Balaban J connectivity index is 2.35. The van der Waals surface area contributed by atoms with Gasteiger partial charge in [-0.3, -0.25) is 0 Å². The van der Waals surface area contributed by atoms with Crippen LogP contribution in [0.3, 0.4) is 0 Å². The van der Waals surface area contributed by atoms with Crippen LogP contribution < -0.4 is 5.32 Å². The second-order valence-electron chi connectivity index (χ2n) is 3.69. The lowest BCUT2D eigenvalue weighted by molar-refractivity contribution is 0.864. The third-order valence-corrected chi connectivity index (χ3v) is 3.42. The van der Waals surface area contributed by atoms with Crippen LogP contribution in [0.4, 0.5) is 5.69 Å². The summed E-state index contributed by atoms with van der Waals surface area (Å²) in [6, 6.07) is 6.76. The zero-order valence-electron chi connectivity index (χ0n) is 8.13. The molecule has 70 valence electrons. The molecule has 0 spiro atoms. The summed E-state index contributed by atoms with van der Waals surface area (Å²) >= 11 is 1.95. The van der Waals surface area contributed by atoms with E-state index in [4.69, 9.17) is 0 Å². The van der Waals surface area contributed by atoms with Crippen LogP contribution in [0.5, 0.6) is 0 Å². The van der Waals surface area contributed by atoms with Crippen LogP contribution in [0.25, 0.3) is 0 Å². The van der Waals surface area contributed by atoms with Crippen molar-refractivity contribution in [1.82, 2.24) is 0 Å². The molecule has 1 aromatic carbocycles. The smallest absolute Gasteiger partial charge is 0.0481 e. The molecule has 0 fully saturated rings. The molecule has 1 nitrogen and oxygen atoms in total. The number of nitrogens with one attached hydrogen (secondary N) is 1. The molecule has 2 heteroatoms. The predicted octanol–water partition coefficient (Wildman–Crippen LogP) is 3.33. The molecule has 1 aliphatic heterocycles. The zero-order chi connectivity index (χ0) is 9.26. The van der Waals surface area contributed by atoms with Crippen molar-refractivity contribution in [2.24, 2.45) is 0 Å². The Morgan fingerprint density at radius 2 is 2.23 bits per heavy atom. The van der Waals surface area contributed by atoms with Gasteiger partial charge in [0.15, 0.2) is 0 Å². The fraction of sp³-hybridized carbons (Fsp3) is 0.455. The number of anilines is 1. The Morgan fingerprint density at radius 3 is 3.00 bits per heavy atom. The van der Waals surface area contributed by atoms with E-state index in [2.05, 4.69) is 37.4 Å². The zero-order valence-corrected chi connectivity index (χ0v) is 8.95. The predicted molar refractivity (Wildman–Crippen MR) is 59.7 cm³/mol. The lowest BCUT2D eigenvalue weighted by Crippen LogP contribution is -2.10. The highest BCUT2D eigenvalue weighted by Crippen LogP contribution is 2.32. The fourth-order valence-corrected chi connectivity index (χ4v) is 2.39. The lowest BCUT2D eigenvalue weighted by Gasteiger charge is -2.19.